The molecule has 1 aromatic heterocycles. The minimum atomic E-state index is -1.26. The fourth-order valence-corrected chi connectivity index (χ4v) is 3.20. The second-order valence-corrected chi connectivity index (χ2v) is 6.19. The predicted molar refractivity (Wildman–Crippen MR) is 96.8 cm³/mol. The maximum Gasteiger partial charge on any atom is 0.157 e. The lowest BCUT2D eigenvalue weighted by atomic mass is 9.83. The van der Waals surface area contributed by atoms with Crippen LogP contribution < -0.4 is 0 Å². The molecule has 4 rings (SSSR count). The van der Waals surface area contributed by atoms with Gasteiger partial charge in [0.15, 0.2) is 5.60 Å². The monoisotopic (exact) mass is 329 g/mol. The minimum absolute atomic E-state index is 0.546. The summed E-state index contributed by atoms with van der Waals surface area (Å²) in [6.45, 7) is 0.621. The molecule has 1 atom stereocenters. The van der Waals surface area contributed by atoms with Crippen molar-refractivity contribution in [3.63, 3.8) is 0 Å². The van der Waals surface area contributed by atoms with Gasteiger partial charge in [-0.3, -0.25) is 0 Å². The summed E-state index contributed by atoms with van der Waals surface area (Å²) < 4.78 is 1.77. The summed E-state index contributed by atoms with van der Waals surface area (Å²) in [6, 6.07) is 19.7. The summed E-state index contributed by atoms with van der Waals surface area (Å²) in [5.41, 5.74) is 2.13. The first kappa shape index (κ1) is 15.5. The molecule has 0 saturated heterocycles. The average Bonchev–Trinajstić information content (AvgIpc) is 3.35. The number of aliphatic hydroxyl groups is 1. The van der Waals surface area contributed by atoms with E-state index in [-0.39, 0.29) is 0 Å². The van der Waals surface area contributed by atoms with Gasteiger partial charge in [-0.15, -0.1) is 5.10 Å². The standard InChI is InChI=1S/C21H19N3O/c25-21(19-13-7-8-14-19,18-11-5-2-6-12-18)20-16-24(23-22-20)15-17-9-3-1-4-10-17/h1-13,16,25H,14-15H2. The second kappa shape index (κ2) is 6.49. The van der Waals surface area contributed by atoms with Crippen molar-refractivity contribution in [2.45, 2.75) is 18.6 Å². The molecule has 0 saturated carbocycles. The third-order valence-corrected chi connectivity index (χ3v) is 4.52. The van der Waals surface area contributed by atoms with Crippen LogP contribution in [0.5, 0.6) is 0 Å². The highest BCUT2D eigenvalue weighted by Crippen LogP contribution is 2.38. The Kier molecular flexibility index (Phi) is 4.04. The zero-order valence-corrected chi connectivity index (χ0v) is 13.8. The van der Waals surface area contributed by atoms with Gasteiger partial charge in [-0.2, -0.15) is 0 Å². The Morgan fingerprint density at radius 3 is 2.40 bits per heavy atom. The quantitative estimate of drug-likeness (QED) is 0.780. The zero-order chi connectivity index (χ0) is 17.1. The Morgan fingerprint density at radius 1 is 1.00 bits per heavy atom. The lowest BCUT2D eigenvalue weighted by Gasteiger charge is -2.28. The van der Waals surface area contributed by atoms with Crippen LogP contribution in [-0.2, 0) is 12.1 Å². The molecule has 1 N–H and O–H groups in total. The van der Waals surface area contributed by atoms with E-state index in [0.29, 0.717) is 18.7 Å². The molecule has 0 radical (unpaired) electrons. The zero-order valence-electron chi connectivity index (χ0n) is 13.8. The third-order valence-electron chi connectivity index (χ3n) is 4.52. The van der Waals surface area contributed by atoms with E-state index in [2.05, 4.69) is 10.3 Å². The molecule has 3 aromatic rings. The van der Waals surface area contributed by atoms with Gasteiger partial charge in [-0.25, -0.2) is 4.68 Å². The molecular formula is C21H19N3O. The van der Waals surface area contributed by atoms with E-state index >= 15 is 0 Å². The first-order chi connectivity index (χ1) is 12.3. The van der Waals surface area contributed by atoms with E-state index in [0.717, 1.165) is 16.7 Å². The van der Waals surface area contributed by atoms with Crippen LogP contribution in [0.25, 0.3) is 0 Å². The molecule has 0 fully saturated rings. The van der Waals surface area contributed by atoms with Crippen molar-refractivity contribution in [2.75, 3.05) is 0 Å². The van der Waals surface area contributed by atoms with Crippen molar-refractivity contribution in [1.82, 2.24) is 15.0 Å². The largest absolute Gasteiger partial charge is 0.375 e. The topological polar surface area (TPSA) is 50.9 Å². The molecule has 25 heavy (non-hydrogen) atoms. The van der Waals surface area contributed by atoms with E-state index in [1.807, 2.05) is 85.1 Å². The maximum atomic E-state index is 11.6. The van der Waals surface area contributed by atoms with E-state index in [9.17, 15) is 5.11 Å². The summed E-state index contributed by atoms with van der Waals surface area (Å²) in [4.78, 5) is 0. The van der Waals surface area contributed by atoms with Crippen LogP contribution in [0.2, 0.25) is 0 Å². The lowest BCUT2D eigenvalue weighted by molar-refractivity contribution is 0.114. The van der Waals surface area contributed by atoms with Gasteiger partial charge >= 0.3 is 0 Å². The van der Waals surface area contributed by atoms with Crippen LogP contribution >= 0.6 is 0 Å². The molecular weight excluding hydrogens is 310 g/mol. The molecule has 1 heterocycles. The van der Waals surface area contributed by atoms with Crippen molar-refractivity contribution in [1.29, 1.82) is 0 Å². The fraction of sp³-hybridized carbons (Fsp3) is 0.143. The van der Waals surface area contributed by atoms with Crippen LogP contribution in [0.15, 0.2) is 90.7 Å². The number of allylic oxidation sites excluding steroid dienone is 3. The van der Waals surface area contributed by atoms with Gasteiger partial charge in [0.1, 0.15) is 5.69 Å². The first-order valence-electron chi connectivity index (χ1n) is 8.35. The summed E-state index contributed by atoms with van der Waals surface area (Å²) in [5, 5.41) is 20.1. The smallest absolute Gasteiger partial charge is 0.157 e. The molecule has 4 heteroatoms. The Bertz CT molecular complexity index is 913. The van der Waals surface area contributed by atoms with E-state index < -0.39 is 5.60 Å². The van der Waals surface area contributed by atoms with Gasteiger partial charge < -0.3 is 5.11 Å². The van der Waals surface area contributed by atoms with Gasteiger partial charge in [0.2, 0.25) is 0 Å². The Morgan fingerprint density at radius 2 is 1.72 bits per heavy atom. The summed E-state index contributed by atoms with van der Waals surface area (Å²) in [7, 11) is 0. The van der Waals surface area contributed by atoms with Crippen molar-refractivity contribution >= 4 is 0 Å². The van der Waals surface area contributed by atoms with Gasteiger partial charge in [0, 0.05) is 0 Å². The predicted octanol–water partition coefficient (Wildman–Crippen LogP) is 3.45. The third kappa shape index (κ3) is 2.92. The lowest BCUT2D eigenvalue weighted by Crippen LogP contribution is -2.30. The number of aromatic nitrogens is 3. The van der Waals surface area contributed by atoms with Gasteiger partial charge in [0.25, 0.3) is 0 Å². The van der Waals surface area contributed by atoms with Crippen LogP contribution in [0.4, 0.5) is 0 Å². The minimum Gasteiger partial charge on any atom is -0.375 e. The number of nitrogens with zero attached hydrogens (tertiary/aromatic N) is 3. The Hall–Kier alpha value is -2.98. The SMILES string of the molecule is OC(C1=CC=CC1)(c1ccccc1)c1cn(Cc2ccccc2)nn1. The molecule has 0 aliphatic heterocycles. The number of hydrogen-bond acceptors (Lipinski definition) is 3. The molecule has 1 aliphatic carbocycles. The maximum absolute atomic E-state index is 11.6. The van der Waals surface area contributed by atoms with Gasteiger partial charge in [-0.05, 0) is 23.1 Å². The summed E-state index contributed by atoms with van der Waals surface area (Å²) in [6.07, 6.45) is 8.51. The normalized spacial score (nSPS) is 15.8. The molecule has 0 amide bonds. The van der Waals surface area contributed by atoms with Crippen molar-refractivity contribution in [2.24, 2.45) is 0 Å². The summed E-state index contributed by atoms with van der Waals surface area (Å²) >= 11 is 0. The Balaban J connectivity index is 1.71. The highest BCUT2D eigenvalue weighted by Gasteiger charge is 2.38. The van der Waals surface area contributed by atoms with Crippen molar-refractivity contribution in [3.8, 4) is 0 Å². The average molecular weight is 329 g/mol. The molecule has 2 aromatic carbocycles. The fourth-order valence-electron chi connectivity index (χ4n) is 3.20. The molecule has 0 spiro atoms. The van der Waals surface area contributed by atoms with Crippen molar-refractivity contribution in [3.05, 3.63) is 107 Å². The van der Waals surface area contributed by atoms with Crippen molar-refractivity contribution < 1.29 is 5.11 Å². The van der Waals surface area contributed by atoms with Gasteiger partial charge in [-0.1, -0.05) is 84.1 Å². The number of hydrogen-bond donors (Lipinski definition) is 1. The first-order valence-corrected chi connectivity index (χ1v) is 8.35. The van der Waals surface area contributed by atoms with Crippen LogP contribution in [0.1, 0.15) is 23.2 Å². The van der Waals surface area contributed by atoms with Crippen LogP contribution in [0.3, 0.4) is 0 Å². The number of benzene rings is 2. The van der Waals surface area contributed by atoms with Gasteiger partial charge in [0.05, 0.1) is 12.7 Å². The van der Waals surface area contributed by atoms with E-state index in [4.69, 9.17) is 0 Å². The van der Waals surface area contributed by atoms with Crippen LogP contribution in [0, 0.1) is 0 Å². The van der Waals surface area contributed by atoms with E-state index in [1.165, 1.54) is 0 Å². The highest BCUT2D eigenvalue weighted by molar-refractivity contribution is 5.45. The summed E-state index contributed by atoms with van der Waals surface area (Å²) in [5.74, 6) is 0. The number of rotatable bonds is 5. The molecule has 0 bridgehead atoms. The van der Waals surface area contributed by atoms with E-state index in [1.54, 1.807) is 4.68 Å². The molecule has 1 unspecified atom stereocenters. The highest BCUT2D eigenvalue weighted by atomic mass is 16.3. The molecule has 124 valence electrons. The molecule has 4 nitrogen and oxygen atoms in total. The molecule has 1 aliphatic rings. The second-order valence-electron chi connectivity index (χ2n) is 6.19. The Labute approximate surface area is 146 Å². The van der Waals surface area contributed by atoms with Crippen LogP contribution in [-0.4, -0.2) is 20.1 Å².